The van der Waals surface area contributed by atoms with Crippen LogP contribution in [-0.2, 0) is 9.84 Å². The SMILES string of the molecule is O=C(O)c1ccccc1N1CCCS(=O)(=O)CC1. The van der Waals surface area contributed by atoms with E-state index in [2.05, 4.69) is 0 Å². The highest BCUT2D eigenvalue weighted by Crippen LogP contribution is 2.22. The first-order valence-corrected chi connectivity index (χ1v) is 7.59. The van der Waals surface area contributed by atoms with Crippen LogP contribution in [0.5, 0.6) is 0 Å². The summed E-state index contributed by atoms with van der Waals surface area (Å²) in [6, 6.07) is 6.70. The summed E-state index contributed by atoms with van der Waals surface area (Å²) in [7, 11) is -2.98. The molecule has 0 aliphatic carbocycles. The Kier molecular flexibility index (Phi) is 3.56. The first-order valence-electron chi connectivity index (χ1n) is 5.77. The summed E-state index contributed by atoms with van der Waals surface area (Å²) in [5.41, 5.74) is 0.818. The molecule has 1 heterocycles. The van der Waals surface area contributed by atoms with Crippen molar-refractivity contribution in [2.75, 3.05) is 29.5 Å². The minimum absolute atomic E-state index is 0.0843. The average Bonchev–Trinajstić information content (AvgIpc) is 2.50. The summed E-state index contributed by atoms with van der Waals surface area (Å²) in [5.74, 6) is -0.725. The van der Waals surface area contributed by atoms with Crippen molar-refractivity contribution in [1.82, 2.24) is 0 Å². The Morgan fingerprint density at radius 1 is 1.17 bits per heavy atom. The molecular weight excluding hydrogens is 254 g/mol. The number of carboxylic acid groups (broad SMARTS) is 1. The summed E-state index contributed by atoms with van der Waals surface area (Å²) < 4.78 is 23.0. The Balaban J connectivity index is 2.29. The monoisotopic (exact) mass is 269 g/mol. The van der Waals surface area contributed by atoms with E-state index >= 15 is 0 Å². The van der Waals surface area contributed by atoms with Crippen molar-refractivity contribution in [1.29, 1.82) is 0 Å². The van der Waals surface area contributed by atoms with Gasteiger partial charge in [0.2, 0.25) is 0 Å². The van der Waals surface area contributed by atoms with Crippen molar-refractivity contribution in [3.63, 3.8) is 0 Å². The van der Waals surface area contributed by atoms with E-state index in [4.69, 9.17) is 5.11 Å². The Morgan fingerprint density at radius 2 is 1.89 bits per heavy atom. The van der Waals surface area contributed by atoms with Gasteiger partial charge in [0, 0.05) is 13.1 Å². The fourth-order valence-corrected chi connectivity index (χ4v) is 3.38. The number of hydrogen-bond acceptors (Lipinski definition) is 4. The predicted molar refractivity (Wildman–Crippen MR) is 68.9 cm³/mol. The molecule has 18 heavy (non-hydrogen) atoms. The van der Waals surface area contributed by atoms with Crippen molar-refractivity contribution in [3.8, 4) is 0 Å². The number of anilines is 1. The molecule has 0 radical (unpaired) electrons. The van der Waals surface area contributed by atoms with Crippen molar-refractivity contribution >= 4 is 21.5 Å². The molecule has 0 unspecified atom stereocenters. The maximum atomic E-state index is 11.5. The summed E-state index contributed by atoms with van der Waals surface area (Å²) in [6.07, 6.45) is 0.538. The third-order valence-electron chi connectivity index (χ3n) is 3.03. The highest BCUT2D eigenvalue weighted by Gasteiger charge is 2.22. The second kappa shape index (κ2) is 4.97. The van der Waals surface area contributed by atoms with Crippen LogP contribution in [0.25, 0.3) is 0 Å². The minimum Gasteiger partial charge on any atom is -0.478 e. The molecule has 1 aromatic carbocycles. The molecule has 1 fully saturated rings. The lowest BCUT2D eigenvalue weighted by Crippen LogP contribution is -2.28. The Morgan fingerprint density at radius 3 is 2.61 bits per heavy atom. The highest BCUT2D eigenvalue weighted by atomic mass is 32.2. The van der Waals surface area contributed by atoms with Crippen LogP contribution in [0, 0.1) is 0 Å². The molecule has 0 bridgehead atoms. The van der Waals surface area contributed by atoms with E-state index in [1.807, 2.05) is 4.90 Å². The van der Waals surface area contributed by atoms with E-state index in [1.54, 1.807) is 18.2 Å². The molecule has 1 N–H and O–H groups in total. The molecule has 5 nitrogen and oxygen atoms in total. The van der Waals surface area contributed by atoms with Crippen molar-refractivity contribution in [2.24, 2.45) is 0 Å². The minimum atomic E-state index is -2.98. The molecule has 1 saturated heterocycles. The van der Waals surface area contributed by atoms with E-state index in [-0.39, 0.29) is 17.1 Å². The average molecular weight is 269 g/mol. The van der Waals surface area contributed by atoms with Gasteiger partial charge < -0.3 is 10.0 Å². The number of para-hydroxylation sites is 1. The lowest BCUT2D eigenvalue weighted by atomic mass is 10.1. The standard InChI is InChI=1S/C12H15NO4S/c14-12(15)10-4-1-2-5-11(10)13-6-3-8-18(16,17)9-7-13/h1-2,4-5H,3,6-9H2,(H,14,15). The molecular formula is C12H15NO4S. The number of benzene rings is 1. The van der Waals surface area contributed by atoms with Crippen LogP contribution >= 0.6 is 0 Å². The molecule has 2 rings (SSSR count). The Hall–Kier alpha value is -1.56. The normalized spacial score (nSPS) is 19.2. The maximum absolute atomic E-state index is 11.5. The number of carbonyl (C=O) groups is 1. The van der Waals surface area contributed by atoms with Crippen molar-refractivity contribution in [2.45, 2.75) is 6.42 Å². The summed E-state index contributed by atoms with van der Waals surface area (Å²) in [5, 5.41) is 9.12. The van der Waals surface area contributed by atoms with Crippen LogP contribution in [0.3, 0.4) is 0 Å². The van der Waals surface area contributed by atoms with Crippen molar-refractivity contribution in [3.05, 3.63) is 29.8 Å². The predicted octanol–water partition coefficient (Wildman–Crippen LogP) is 1.01. The van der Waals surface area contributed by atoms with Gasteiger partial charge >= 0.3 is 5.97 Å². The zero-order chi connectivity index (χ0) is 13.2. The first-order chi connectivity index (χ1) is 8.49. The van der Waals surface area contributed by atoms with Gasteiger partial charge in [-0.25, -0.2) is 13.2 Å². The van der Waals surface area contributed by atoms with E-state index in [0.717, 1.165) is 0 Å². The first kappa shape index (κ1) is 12.9. The number of rotatable bonds is 2. The largest absolute Gasteiger partial charge is 0.478 e. The molecule has 1 aromatic rings. The maximum Gasteiger partial charge on any atom is 0.337 e. The molecule has 1 aliphatic rings. The van der Waals surface area contributed by atoms with Gasteiger partial charge in [0.15, 0.2) is 9.84 Å². The van der Waals surface area contributed by atoms with E-state index in [1.165, 1.54) is 6.07 Å². The quantitative estimate of drug-likeness (QED) is 0.867. The van der Waals surface area contributed by atoms with Crippen LogP contribution in [0.1, 0.15) is 16.8 Å². The second-order valence-corrected chi connectivity index (χ2v) is 6.62. The lowest BCUT2D eigenvalue weighted by Gasteiger charge is -2.23. The molecule has 0 saturated carbocycles. The van der Waals surface area contributed by atoms with Crippen molar-refractivity contribution < 1.29 is 18.3 Å². The lowest BCUT2D eigenvalue weighted by molar-refractivity contribution is 0.0697. The van der Waals surface area contributed by atoms with Crippen LogP contribution in [0.15, 0.2) is 24.3 Å². The van der Waals surface area contributed by atoms with Crippen LogP contribution in [0.2, 0.25) is 0 Å². The van der Waals surface area contributed by atoms with Gasteiger partial charge in [0.25, 0.3) is 0 Å². The number of hydrogen-bond donors (Lipinski definition) is 1. The number of nitrogens with zero attached hydrogens (tertiary/aromatic N) is 1. The fraction of sp³-hybridized carbons (Fsp3) is 0.417. The third-order valence-corrected chi connectivity index (χ3v) is 4.75. The van der Waals surface area contributed by atoms with Gasteiger partial charge in [0.05, 0.1) is 22.8 Å². The molecule has 1 aliphatic heterocycles. The summed E-state index contributed by atoms with van der Waals surface area (Å²) in [6.45, 7) is 0.927. The van der Waals surface area contributed by atoms with E-state index in [0.29, 0.717) is 25.2 Å². The van der Waals surface area contributed by atoms with Gasteiger partial charge in [-0.15, -0.1) is 0 Å². The van der Waals surface area contributed by atoms with Crippen LogP contribution in [-0.4, -0.2) is 44.1 Å². The molecule has 0 atom stereocenters. The summed E-state index contributed by atoms with van der Waals surface area (Å²) in [4.78, 5) is 13.0. The highest BCUT2D eigenvalue weighted by molar-refractivity contribution is 7.91. The topological polar surface area (TPSA) is 74.7 Å². The zero-order valence-electron chi connectivity index (χ0n) is 9.87. The smallest absolute Gasteiger partial charge is 0.337 e. The third kappa shape index (κ3) is 2.81. The van der Waals surface area contributed by atoms with Crippen LogP contribution < -0.4 is 4.90 Å². The zero-order valence-corrected chi connectivity index (χ0v) is 10.7. The Bertz CT molecular complexity index is 553. The second-order valence-electron chi connectivity index (χ2n) is 4.31. The Labute approximate surface area is 106 Å². The summed E-state index contributed by atoms with van der Waals surface area (Å²) >= 11 is 0. The van der Waals surface area contributed by atoms with E-state index in [9.17, 15) is 13.2 Å². The van der Waals surface area contributed by atoms with Gasteiger partial charge in [-0.2, -0.15) is 0 Å². The molecule has 0 aromatic heterocycles. The molecule has 98 valence electrons. The van der Waals surface area contributed by atoms with E-state index < -0.39 is 15.8 Å². The van der Waals surface area contributed by atoms with Gasteiger partial charge in [-0.05, 0) is 18.6 Å². The van der Waals surface area contributed by atoms with Gasteiger partial charge in [0.1, 0.15) is 0 Å². The number of sulfone groups is 1. The van der Waals surface area contributed by atoms with Gasteiger partial charge in [-0.1, -0.05) is 12.1 Å². The number of aromatic carboxylic acids is 1. The van der Waals surface area contributed by atoms with Crippen LogP contribution in [0.4, 0.5) is 5.69 Å². The van der Waals surface area contributed by atoms with Gasteiger partial charge in [-0.3, -0.25) is 0 Å². The molecule has 0 amide bonds. The number of carboxylic acids is 1. The molecule has 0 spiro atoms. The molecule has 6 heteroatoms. The fourth-order valence-electron chi connectivity index (χ4n) is 2.11.